The van der Waals surface area contributed by atoms with E-state index in [-0.39, 0.29) is 17.3 Å². The summed E-state index contributed by atoms with van der Waals surface area (Å²) in [6, 6.07) is 17.6. The van der Waals surface area contributed by atoms with Crippen molar-refractivity contribution in [3.8, 4) is 16.9 Å². The van der Waals surface area contributed by atoms with E-state index in [4.69, 9.17) is 8.92 Å². The number of aryl methyl sites for hydroxylation is 2. The van der Waals surface area contributed by atoms with E-state index < -0.39 is 22.0 Å². The third-order valence-corrected chi connectivity index (χ3v) is 6.25. The minimum Gasteiger partial charge on any atom is -0.484 e. The van der Waals surface area contributed by atoms with E-state index in [1.807, 2.05) is 44.2 Å². The average molecular weight is 412 g/mol. The van der Waals surface area contributed by atoms with Gasteiger partial charge in [-0.1, -0.05) is 47.5 Å². The van der Waals surface area contributed by atoms with Gasteiger partial charge in [-0.15, -0.1) is 0 Å². The van der Waals surface area contributed by atoms with Crippen molar-refractivity contribution in [2.75, 3.05) is 6.61 Å². The molecule has 4 nitrogen and oxygen atoms in total. The molecule has 1 unspecified atom stereocenters. The van der Waals surface area contributed by atoms with Crippen LogP contribution in [0.3, 0.4) is 0 Å². The maximum Gasteiger partial charge on any atom is 0.297 e. The molecule has 6 heteroatoms. The van der Waals surface area contributed by atoms with Gasteiger partial charge < -0.3 is 4.74 Å². The van der Waals surface area contributed by atoms with E-state index in [1.165, 1.54) is 18.2 Å². The average Bonchev–Trinajstić information content (AvgIpc) is 3.11. The number of rotatable bonds is 5. The molecule has 0 N–H and O–H groups in total. The summed E-state index contributed by atoms with van der Waals surface area (Å²) in [5.74, 6) is -0.288. The molecule has 0 aliphatic carbocycles. The zero-order valence-electron chi connectivity index (χ0n) is 16.2. The summed E-state index contributed by atoms with van der Waals surface area (Å²) in [5, 5.41) is 0. The molecular formula is C23H21FO4S. The van der Waals surface area contributed by atoms with Crippen LogP contribution >= 0.6 is 0 Å². The standard InChI is InChI=1S/C23H21FO4S/c1-15-3-7-17(8-4-15)18-11-19-12-20(28-23(19)22(24)13-18)14-27-29(25,26)21-9-5-16(2)6-10-21/h3-11,13,20H,12,14H2,1-2H3. The van der Waals surface area contributed by atoms with Crippen molar-refractivity contribution in [1.29, 1.82) is 0 Å². The molecule has 0 spiro atoms. The van der Waals surface area contributed by atoms with Crippen LogP contribution in [0.1, 0.15) is 16.7 Å². The first-order valence-corrected chi connectivity index (χ1v) is 10.7. The second-order valence-electron chi connectivity index (χ2n) is 7.31. The molecule has 1 atom stereocenters. The van der Waals surface area contributed by atoms with Crippen molar-refractivity contribution in [2.45, 2.75) is 31.3 Å². The Hall–Kier alpha value is -2.70. The molecule has 3 aromatic carbocycles. The number of benzene rings is 3. The van der Waals surface area contributed by atoms with Gasteiger partial charge in [-0.3, -0.25) is 4.18 Å². The summed E-state index contributed by atoms with van der Waals surface area (Å²) in [7, 11) is -3.89. The third-order valence-electron chi connectivity index (χ3n) is 4.96. The Morgan fingerprint density at radius 1 is 0.966 bits per heavy atom. The summed E-state index contributed by atoms with van der Waals surface area (Å²) in [6.07, 6.45) is -0.178. The van der Waals surface area contributed by atoms with Crippen molar-refractivity contribution in [3.63, 3.8) is 0 Å². The predicted octanol–water partition coefficient (Wildman–Crippen LogP) is 4.82. The van der Waals surface area contributed by atoms with Crippen molar-refractivity contribution < 1.29 is 21.7 Å². The highest BCUT2D eigenvalue weighted by molar-refractivity contribution is 7.86. The molecule has 0 saturated carbocycles. The highest BCUT2D eigenvalue weighted by Crippen LogP contribution is 2.36. The maximum absolute atomic E-state index is 14.6. The lowest BCUT2D eigenvalue weighted by Crippen LogP contribution is -2.23. The van der Waals surface area contributed by atoms with Crippen LogP contribution in [0.5, 0.6) is 5.75 Å². The van der Waals surface area contributed by atoms with Gasteiger partial charge in [0, 0.05) is 12.0 Å². The zero-order valence-corrected chi connectivity index (χ0v) is 17.0. The van der Waals surface area contributed by atoms with Gasteiger partial charge in [0.15, 0.2) is 11.6 Å². The molecule has 1 heterocycles. The quantitative estimate of drug-likeness (QED) is 0.564. The first kappa shape index (κ1) is 19.6. The van der Waals surface area contributed by atoms with Crippen LogP contribution in [0.4, 0.5) is 4.39 Å². The molecule has 0 radical (unpaired) electrons. The molecule has 0 bridgehead atoms. The number of ether oxygens (including phenoxy) is 1. The SMILES string of the molecule is Cc1ccc(-c2cc(F)c3c(c2)CC(COS(=O)(=O)c2ccc(C)cc2)O3)cc1. The largest absolute Gasteiger partial charge is 0.484 e. The molecule has 150 valence electrons. The maximum atomic E-state index is 14.6. The van der Waals surface area contributed by atoms with Crippen LogP contribution in [0.15, 0.2) is 65.6 Å². The number of fused-ring (bicyclic) bond motifs is 1. The van der Waals surface area contributed by atoms with Crippen LogP contribution in [0, 0.1) is 19.7 Å². The lowest BCUT2D eigenvalue weighted by Gasteiger charge is -2.12. The highest BCUT2D eigenvalue weighted by Gasteiger charge is 2.29. The van der Waals surface area contributed by atoms with Gasteiger partial charge in [0.25, 0.3) is 10.1 Å². The Morgan fingerprint density at radius 3 is 2.24 bits per heavy atom. The molecule has 0 fully saturated rings. The molecule has 0 amide bonds. The zero-order chi connectivity index (χ0) is 20.6. The highest BCUT2D eigenvalue weighted by atomic mass is 32.2. The lowest BCUT2D eigenvalue weighted by atomic mass is 10.00. The summed E-state index contributed by atoms with van der Waals surface area (Å²) >= 11 is 0. The summed E-state index contributed by atoms with van der Waals surface area (Å²) < 4.78 is 50.1. The summed E-state index contributed by atoms with van der Waals surface area (Å²) in [5.41, 5.74) is 4.48. The van der Waals surface area contributed by atoms with Crippen molar-refractivity contribution >= 4 is 10.1 Å². The van der Waals surface area contributed by atoms with Crippen LogP contribution < -0.4 is 4.74 Å². The van der Waals surface area contributed by atoms with Crippen molar-refractivity contribution in [2.24, 2.45) is 0 Å². The molecule has 4 rings (SSSR count). The van der Waals surface area contributed by atoms with Crippen LogP contribution in [0.25, 0.3) is 11.1 Å². The summed E-state index contributed by atoms with van der Waals surface area (Å²) in [6.45, 7) is 3.70. The minimum absolute atomic E-state index is 0.0893. The first-order valence-electron chi connectivity index (χ1n) is 9.34. The Labute approximate surface area is 170 Å². The molecule has 3 aromatic rings. The second kappa shape index (κ2) is 7.61. The molecule has 1 aliphatic heterocycles. The van der Waals surface area contributed by atoms with Crippen molar-refractivity contribution in [3.05, 3.63) is 83.2 Å². The van der Waals surface area contributed by atoms with E-state index in [0.717, 1.165) is 22.3 Å². The molecule has 1 aliphatic rings. The van der Waals surface area contributed by atoms with Gasteiger partial charge in [-0.25, -0.2) is 4.39 Å². The Morgan fingerprint density at radius 2 is 1.59 bits per heavy atom. The summed E-state index contributed by atoms with van der Waals surface area (Å²) in [4.78, 5) is 0.0893. The van der Waals surface area contributed by atoms with Crippen LogP contribution in [-0.2, 0) is 20.7 Å². The number of hydrogen-bond donors (Lipinski definition) is 0. The Bertz CT molecular complexity index is 1140. The fourth-order valence-corrected chi connectivity index (χ4v) is 4.27. The third kappa shape index (κ3) is 4.18. The fourth-order valence-electron chi connectivity index (χ4n) is 3.33. The first-order chi connectivity index (χ1) is 13.8. The molecule has 0 saturated heterocycles. The van der Waals surface area contributed by atoms with E-state index in [1.54, 1.807) is 12.1 Å². The number of halogens is 1. The van der Waals surface area contributed by atoms with Gasteiger partial charge in [-0.2, -0.15) is 8.42 Å². The van der Waals surface area contributed by atoms with E-state index in [9.17, 15) is 12.8 Å². The Kier molecular flexibility index (Phi) is 5.15. The van der Waals surface area contributed by atoms with E-state index >= 15 is 0 Å². The van der Waals surface area contributed by atoms with Gasteiger partial charge >= 0.3 is 0 Å². The molecular weight excluding hydrogens is 391 g/mol. The number of hydrogen-bond acceptors (Lipinski definition) is 4. The van der Waals surface area contributed by atoms with E-state index in [0.29, 0.717) is 12.0 Å². The predicted molar refractivity (Wildman–Crippen MR) is 109 cm³/mol. The molecule has 0 aromatic heterocycles. The normalized spacial score (nSPS) is 15.8. The fraction of sp³-hybridized carbons (Fsp3) is 0.217. The van der Waals surface area contributed by atoms with Crippen molar-refractivity contribution in [1.82, 2.24) is 0 Å². The minimum atomic E-state index is -3.89. The van der Waals surface area contributed by atoms with E-state index in [2.05, 4.69) is 0 Å². The van der Waals surface area contributed by atoms with Gasteiger partial charge in [0.05, 0.1) is 4.90 Å². The monoisotopic (exact) mass is 412 g/mol. The van der Waals surface area contributed by atoms with Gasteiger partial charge in [0.2, 0.25) is 0 Å². The second-order valence-corrected chi connectivity index (χ2v) is 8.92. The smallest absolute Gasteiger partial charge is 0.297 e. The van der Waals surface area contributed by atoms with Crippen LogP contribution in [0.2, 0.25) is 0 Å². The van der Waals surface area contributed by atoms with Crippen LogP contribution in [-0.4, -0.2) is 21.1 Å². The van der Waals surface area contributed by atoms with Gasteiger partial charge in [-0.05, 0) is 49.2 Å². The Balaban J connectivity index is 1.48. The van der Waals surface area contributed by atoms with Gasteiger partial charge in [0.1, 0.15) is 12.7 Å². The topological polar surface area (TPSA) is 52.6 Å². The lowest BCUT2D eigenvalue weighted by molar-refractivity contribution is 0.148. The molecule has 29 heavy (non-hydrogen) atoms.